The molecule has 4 rings (SSSR count). The molecule has 4 aromatic rings. The lowest BCUT2D eigenvalue weighted by atomic mass is 10.0. The molecule has 0 aliphatic rings. The lowest BCUT2D eigenvalue weighted by Crippen LogP contribution is -2.56. The number of hydrogen-bond donors (Lipinski definition) is 1. The molecule has 1 N–H and O–H groups in total. The van der Waals surface area contributed by atoms with Crippen LogP contribution in [0.2, 0.25) is 0 Å². The molecule has 0 heterocycles. The van der Waals surface area contributed by atoms with Crippen molar-refractivity contribution in [1.82, 2.24) is 10.2 Å². The van der Waals surface area contributed by atoms with E-state index in [1.165, 1.54) is 21.3 Å². The Morgan fingerprint density at radius 2 is 1.27 bits per heavy atom. The van der Waals surface area contributed by atoms with Crippen LogP contribution in [0.3, 0.4) is 0 Å². The van der Waals surface area contributed by atoms with Crippen molar-refractivity contribution < 1.29 is 18.0 Å². The molecule has 0 aliphatic carbocycles. The third-order valence-corrected chi connectivity index (χ3v) is 8.99. The van der Waals surface area contributed by atoms with E-state index in [0.717, 1.165) is 16.7 Å². The molecule has 230 valence electrons. The molecule has 0 saturated carbocycles. The Labute approximate surface area is 261 Å². The maximum Gasteiger partial charge on any atom is 0.264 e. The van der Waals surface area contributed by atoms with Gasteiger partial charge in [0.15, 0.2) is 0 Å². The van der Waals surface area contributed by atoms with E-state index in [1.807, 2.05) is 100 Å². The molecule has 44 heavy (non-hydrogen) atoms. The number of aryl methyl sites for hydroxylation is 1. The van der Waals surface area contributed by atoms with Crippen molar-refractivity contribution in [3.8, 4) is 0 Å². The minimum atomic E-state index is -4.14. The van der Waals surface area contributed by atoms with E-state index in [0.29, 0.717) is 12.1 Å². The Morgan fingerprint density at radius 3 is 1.84 bits per heavy atom. The maximum absolute atomic E-state index is 14.6. The molecule has 1 unspecified atom stereocenters. The highest BCUT2D eigenvalue weighted by molar-refractivity contribution is 7.92. The molecular weight excluding hydrogens is 570 g/mol. The van der Waals surface area contributed by atoms with Gasteiger partial charge in [-0.1, -0.05) is 104 Å². The van der Waals surface area contributed by atoms with Gasteiger partial charge in [-0.3, -0.25) is 13.9 Å². The number of nitrogens with zero attached hydrogens (tertiary/aromatic N) is 2. The van der Waals surface area contributed by atoms with Crippen LogP contribution in [0.15, 0.2) is 120 Å². The summed E-state index contributed by atoms with van der Waals surface area (Å²) < 4.78 is 29.5. The number of carbonyl (C=O) groups is 2. The zero-order valence-corrected chi connectivity index (χ0v) is 26.6. The number of sulfonamides is 1. The fourth-order valence-corrected chi connectivity index (χ4v) is 6.55. The van der Waals surface area contributed by atoms with E-state index < -0.39 is 34.1 Å². The average Bonchev–Trinajstić information content (AvgIpc) is 3.02. The number of carbonyl (C=O) groups excluding carboxylic acids is 2. The Kier molecular flexibility index (Phi) is 10.6. The van der Waals surface area contributed by atoms with Crippen molar-refractivity contribution in [2.45, 2.75) is 63.6 Å². The van der Waals surface area contributed by atoms with Crippen LogP contribution in [0.5, 0.6) is 0 Å². The number of amides is 2. The molecule has 0 radical (unpaired) electrons. The highest BCUT2D eigenvalue weighted by atomic mass is 32.2. The van der Waals surface area contributed by atoms with Crippen LogP contribution < -0.4 is 9.62 Å². The predicted octanol–water partition coefficient (Wildman–Crippen LogP) is 6.00. The first-order valence-electron chi connectivity index (χ1n) is 14.8. The van der Waals surface area contributed by atoms with Crippen molar-refractivity contribution in [1.29, 1.82) is 0 Å². The smallest absolute Gasteiger partial charge is 0.264 e. The third-order valence-electron chi connectivity index (χ3n) is 7.22. The molecule has 1 atom stereocenters. The van der Waals surface area contributed by atoms with Gasteiger partial charge in [0, 0.05) is 18.5 Å². The summed E-state index contributed by atoms with van der Waals surface area (Å²) in [4.78, 5) is 30.1. The molecule has 0 aromatic heterocycles. The quantitative estimate of drug-likeness (QED) is 0.213. The van der Waals surface area contributed by atoms with Gasteiger partial charge >= 0.3 is 0 Å². The van der Waals surface area contributed by atoms with Crippen LogP contribution in [0, 0.1) is 0 Å². The van der Waals surface area contributed by atoms with E-state index >= 15 is 0 Å². The van der Waals surface area contributed by atoms with Gasteiger partial charge in [-0.2, -0.15) is 0 Å². The molecule has 0 spiro atoms. The predicted molar refractivity (Wildman–Crippen MR) is 176 cm³/mol. The fourth-order valence-electron chi connectivity index (χ4n) is 5.07. The highest BCUT2D eigenvalue weighted by Gasteiger charge is 2.36. The van der Waals surface area contributed by atoms with Gasteiger partial charge in [-0.05, 0) is 62.1 Å². The number of anilines is 1. The number of benzene rings is 4. The van der Waals surface area contributed by atoms with Crippen molar-refractivity contribution in [3.05, 3.63) is 132 Å². The molecule has 4 aromatic carbocycles. The molecule has 8 heteroatoms. The first kappa shape index (κ1) is 32.5. The fraction of sp³-hybridized carbons (Fsp3) is 0.278. The number of para-hydroxylation sites is 1. The second-order valence-corrected chi connectivity index (χ2v) is 13.6. The van der Waals surface area contributed by atoms with Gasteiger partial charge in [0.2, 0.25) is 11.8 Å². The summed E-state index contributed by atoms with van der Waals surface area (Å²) >= 11 is 0. The number of hydrogen-bond acceptors (Lipinski definition) is 4. The highest BCUT2D eigenvalue weighted by Crippen LogP contribution is 2.28. The van der Waals surface area contributed by atoms with Gasteiger partial charge in [0.25, 0.3) is 10.0 Å². The molecule has 0 aliphatic heterocycles. The van der Waals surface area contributed by atoms with Crippen LogP contribution in [0.1, 0.15) is 44.4 Å². The van der Waals surface area contributed by atoms with Gasteiger partial charge in [-0.25, -0.2) is 8.42 Å². The third kappa shape index (κ3) is 8.35. The Morgan fingerprint density at radius 1 is 0.750 bits per heavy atom. The number of rotatable bonds is 12. The van der Waals surface area contributed by atoms with Gasteiger partial charge in [-0.15, -0.1) is 0 Å². The molecule has 2 amide bonds. The summed E-state index contributed by atoms with van der Waals surface area (Å²) in [5.74, 6) is -0.790. The zero-order valence-electron chi connectivity index (χ0n) is 25.8. The molecule has 0 fully saturated rings. The molecular formula is C36H41N3O4S. The van der Waals surface area contributed by atoms with E-state index in [4.69, 9.17) is 0 Å². The van der Waals surface area contributed by atoms with Crippen LogP contribution in [0.25, 0.3) is 0 Å². The molecule has 0 bridgehead atoms. The second-order valence-electron chi connectivity index (χ2n) is 11.8. The van der Waals surface area contributed by atoms with Crippen molar-refractivity contribution in [2.24, 2.45) is 0 Å². The van der Waals surface area contributed by atoms with Crippen molar-refractivity contribution in [2.75, 3.05) is 10.8 Å². The summed E-state index contributed by atoms with van der Waals surface area (Å²) in [5.41, 5.74) is 2.40. The minimum Gasteiger partial charge on any atom is -0.350 e. The Hall–Kier alpha value is -4.43. The first-order chi connectivity index (χ1) is 21.0. The summed E-state index contributed by atoms with van der Waals surface area (Å²) in [7, 11) is -4.14. The summed E-state index contributed by atoms with van der Waals surface area (Å²) in [6.45, 7) is 7.28. The summed E-state index contributed by atoms with van der Waals surface area (Å²) in [6.07, 6.45) is 0.835. The second kappa shape index (κ2) is 14.4. The lowest BCUT2D eigenvalue weighted by molar-refractivity contribution is -0.140. The van der Waals surface area contributed by atoms with Crippen LogP contribution in [-0.4, -0.2) is 43.3 Å². The van der Waals surface area contributed by atoms with E-state index in [1.54, 1.807) is 30.3 Å². The van der Waals surface area contributed by atoms with Crippen LogP contribution in [-0.2, 0) is 39.0 Å². The lowest BCUT2D eigenvalue weighted by Gasteiger charge is -2.35. The van der Waals surface area contributed by atoms with Gasteiger partial charge in [0.1, 0.15) is 12.6 Å². The molecule has 7 nitrogen and oxygen atoms in total. The van der Waals surface area contributed by atoms with Crippen molar-refractivity contribution in [3.63, 3.8) is 0 Å². The summed E-state index contributed by atoms with van der Waals surface area (Å²) in [5, 5.41) is 3.06. The maximum atomic E-state index is 14.6. The minimum absolute atomic E-state index is 0.0830. The van der Waals surface area contributed by atoms with Gasteiger partial charge < -0.3 is 10.2 Å². The largest absolute Gasteiger partial charge is 0.350 e. The first-order valence-corrected chi connectivity index (χ1v) is 16.3. The van der Waals surface area contributed by atoms with E-state index in [-0.39, 0.29) is 23.8 Å². The summed E-state index contributed by atoms with van der Waals surface area (Å²) in [6, 6.07) is 33.4. The normalized spacial score (nSPS) is 12.3. The topological polar surface area (TPSA) is 86.8 Å². The zero-order chi connectivity index (χ0) is 31.7. The van der Waals surface area contributed by atoms with Crippen LogP contribution >= 0.6 is 0 Å². The average molecular weight is 612 g/mol. The Balaban J connectivity index is 1.82. The SMILES string of the molecule is CCc1ccccc1N(CC(=O)N(Cc1ccccc1)C(Cc1ccccc1)C(=O)NC(C)(C)C)S(=O)(=O)c1ccccc1. The van der Waals surface area contributed by atoms with E-state index in [2.05, 4.69) is 5.32 Å². The van der Waals surface area contributed by atoms with Gasteiger partial charge in [0.05, 0.1) is 10.6 Å². The van der Waals surface area contributed by atoms with Crippen LogP contribution in [0.4, 0.5) is 5.69 Å². The molecule has 0 saturated heterocycles. The van der Waals surface area contributed by atoms with Crippen molar-refractivity contribution >= 4 is 27.5 Å². The number of nitrogens with one attached hydrogen (secondary N) is 1. The standard InChI is InChI=1S/C36H41N3O4S/c1-5-30-21-15-16-24-32(30)39(44(42,43)31-22-13-8-14-23-31)27-34(40)38(26-29-19-11-7-12-20-29)33(35(41)37-36(2,3)4)25-28-17-9-6-10-18-28/h6-24,33H,5,25-27H2,1-4H3,(H,37,41). The Bertz CT molecular complexity index is 1640. The monoisotopic (exact) mass is 611 g/mol. The van der Waals surface area contributed by atoms with E-state index in [9.17, 15) is 18.0 Å².